The zero-order valence-electron chi connectivity index (χ0n) is 12.7. The zero-order chi connectivity index (χ0) is 14.8. The molecule has 1 aromatic carbocycles. The van der Waals surface area contributed by atoms with Gasteiger partial charge in [-0.1, -0.05) is 45.0 Å². The third-order valence-electron chi connectivity index (χ3n) is 2.94. The van der Waals surface area contributed by atoms with Crippen LogP contribution in [-0.2, 0) is 5.41 Å². The Bertz CT molecular complexity index is 589. The molecule has 1 heterocycles. The van der Waals surface area contributed by atoms with Crippen molar-refractivity contribution < 1.29 is 0 Å². The molecule has 0 aliphatic carbocycles. The summed E-state index contributed by atoms with van der Waals surface area (Å²) in [5.74, 6) is 0. The van der Waals surface area contributed by atoms with E-state index >= 15 is 0 Å². The maximum absolute atomic E-state index is 4.54. The Kier molecular flexibility index (Phi) is 4.23. The van der Waals surface area contributed by atoms with Crippen LogP contribution in [0.2, 0.25) is 0 Å². The van der Waals surface area contributed by atoms with E-state index in [1.807, 2.05) is 19.0 Å². The lowest BCUT2D eigenvalue weighted by Gasteiger charge is -2.18. The van der Waals surface area contributed by atoms with Crippen molar-refractivity contribution in [1.29, 1.82) is 0 Å². The number of rotatable bonds is 3. The van der Waals surface area contributed by atoms with Crippen molar-refractivity contribution >= 4 is 22.8 Å². The first-order chi connectivity index (χ1) is 9.36. The fourth-order valence-electron chi connectivity index (χ4n) is 1.76. The molecule has 0 saturated carbocycles. The van der Waals surface area contributed by atoms with Gasteiger partial charge in [0.05, 0.1) is 12.0 Å². The molecule has 0 atom stereocenters. The third kappa shape index (κ3) is 3.67. The summed E-state index contributed by atoms with van der Waals surface area (Å²) in [7, 11) is 3.90. The molecule has 20 heavy (non-hydrogen) atoms. The van der Waals surface area contributed by atoms with Crippen molar-refractivity contribution in [2.45, 2.75) is 26.2 Å². The van der Waals surface area contributed by atoms with Gasteiger partial charge < -0.3 is 4.90 Å². The molecule has 0 aliphatic heterocycles. The summed E-state index contributed by atoms with van der Waals surface area (Å²) in [5.41, 5.74) is 3.64. The van der Waals surface area contributed by atoms with E-state index in [1.54, 1.807) is 17.7 Å². The quantitative estimate of drug-likeness (QED) is 0.621. The number of hydrogen-bond donors (Lipinski definition) is 0. The Morgan fingerprint density at radius 3 is 2.35 bits per heavy atom. The monoisotopic (exact) mass is 287 g/mol. The number of aromatic nitrogens is 1. The normalized spacial score (nSPS) is 12.1. The molecule has 1 aromatic heterocycles. The predicted octanol–water partition coefficient (Wildman–Crippen LogP) is 4.33. The van der Waals surface area contributed by atoms with Crippen molar-refractivity contribution in [2.24, 2.45) is 4.99 Å². The van der Waals surface area contributed by atoms with Gasteiger partial charge in [0, 0.05) is 25.0 Å². The van der Waals surface area contributed by atoms with E-state index < -0.39 is 0 Å². The van der Waals surface area contributed by atoms with Gasteiger partial charge in [0.1, 0.15) is 0 Å². The molecular formula is C16H21N3S. The van der Waals surface area contributed by atoms with Crippen molar-refractivity contribution in [2.75, 3.05) is 14.1 Å². The summed E-state index contributed by atoms with van der Waals surface area (Å²) >= 11 is 1.56. The number of nitrogens with zero attached hydrogens (tertiary/aromatic N) is 3. The van der Waals surface area contributed by atoms with Gasteiger partial charge in [0.15, 0.2) is 0 Å². The largest absolute Gasteiger partial charge is 0.369 e. The van der Waals surface area contributed by atoms with Gasteiger partial charge in [-0.3, -0.25) is 0 Å². The Morgan fingerprint density at radius 1 is 1.15 bits per heavy atom. The van der Waals surface area contributed by atoms with Gasteiger partial charge in [-0.2, -0.15) is 0 Å². The number of aliphatic imine (C=N–C) groups is 1. The summed E-state index contributed by atoms with van der Waals surface area (Å²) in [6.07, 6.45) is 1.77. The van der Waals surface area contributed by atoms with E-state index in [1.165, 1.54) is 5.56 Å². The van der Waals surface area contributed by atoms with Gasteiger partial charge >= 0.3 is 0 Å². The highest BCUT2D eigenvalue weighted by Gasteiger charge is 2.13. The number of hydrogen-bond acceptors (Lipinski definition) is 3. The maximum atomic E-state index is 4.54. The van der Waals surface area contributed by atoms with Crippen molar-refractivity contribution in [3.63, 3.8) is 0 Å². The lowest BCUT2D eigenvalue weighted by atomic mass is 9.86. The van der Waals surface area contributed by atoms with Crippen LogP contribution in [0.25, 0.3) is 11.3 Å². The summed E-state index contributed by atoms with van der Waals surface area (Å²) in [6, 6.07) is 8.62. The molecule has 0 aliphatic rings. The second-order valence-corrected chi connectivity index (χ2v) is 6.89. The van der Waals surface area contributed by atoms with Gasteiger partial charge in [-0.25, -0.2) is 9.98 Å². The minimum absolute atomic E-state index is 0.182. The van der Waals surface area contributed by atoms with Crippen LogP contribution in [0.5, 0.6) is 0 Å². The summed E-state index contributed by atoms with van der Waals surface area (Å²) < 4.78 is 0. The Hall–Kier alpha value is -1.68. The molecule has 2 rings (SSSR count). The molecular weight excluding hydrogens is 266 g/mol. The molecule has 4 heteroatoms. The second-order valence-electron chi connectivity index (χ2n) is 6.05. The van der Waals surface area contributed by atoms with Crippen molar-refractivity contribution in [1.82, 2.24) is 9.88 Å². The summed E-state index contributed by atoms with van der Waals surface area (Å²) in [4.78, 5) is 10.8. The lowest BCUT2D eigenvalue weighted by Crippen LogP contribution is -2.10. The smallest absolute Gasteiger partial charge is 0.211 e. The number of benzene rings is 1. The molecule has 0 saturated heterocycles. The standard InChI is InChI=1S/C16H21N3S/c1-16(2,3)13-8-6-12(7-9-13)14-10-20-15(18-14)17-11-19(4)5/h6-11H,1-5H3. The molecule has 0 spiro atoms. The van der Waals surface area contributed by atoms with Gasteiger partial charge in [-0.05, 0) is 11.0 Å². The van der Waals surface area contributed by atoms with Gasteiger partial charge in [-0.15, -0.1) is 11.3 Å². The SMILES string of the molecule is CN(C)C=Nc1nc(-c2ccc(C(C)(C)C)cc2)cs1. The van der Waals surface area contributed by atoms with E-state index in [9.17, 15) is 0 Å². The first-order valence-corrected chi connectivity index (χ1v) is 7.51. The highest BCUT2D eigenvalue weighted by atomic mass is 32.1. The van der Waals surface area contributed by atoms with E-state index in [0.29, 0.717) is 0 Å². The highest BCUT2D eigenvalue weighted by Crippen LogP contribution is 2.29. The predicted molar refractivity (Wildman–Crippen MR) is 88.1 cm³/mol. The molecule has 0 bridgehead atoms. The van der Waals surface area contributed by atoms with Crippen LogP contribution in [0.1, 0.15) is 26.3 Å². The minimum atomic E-state index is 0.182. The third-order valence-corrected chi connectivity index (χ3v) is 3.69. The first-order valence-electron chi connectivity index (χ1n) is 6.63. The molecule has 0 unspecified atom stereocenters. The lowest BCUT2D eigenvalue weighted by molar-refractivity contribution is 0.590. The number of thiazole rings is 1. The Balaban J connectivity index is 2.20. The topological polar surface area (TPSA) is 28.5 Å². The minimum Gasteiger partial charge on any atom is -0.369 e. The van der Waals surface area contributed by atoms with Gasteiger partial charge in [0.25, 0.3) is 0 Å². The Labute approximate surface area is 125 Å². The summed E-state index contributed by atoms with van der Waals surface area (Å²) in [5, 5.41) is 2.84. The highest BCUT2D eigenvalue weighted by molar-refractivity contribution is 7.13. The second kappa shape index (κ2) is 5.75. The average Bonchev–Trinajstić information content (AvgIpc) is 2.84. The van der Waals surface area contributed by atoms with Crippen LogP contribution in [0.4, 0.5) is 5.13 Å². The van der Waals surface area contributed by atoms with E-state index in [4.69, 9.17) is 0 Å². The van der Waals surface area contributed by atoms with Crippen molar-refractivity contribution in [3.8, 4) is 11.3 Å². The van der Waals surface area contributed by atoms with E-state index in [0.717, 1.165) is 16.4 Å². The van der Waals surface area contributed by atoms with Crippen LogP contribution < -0.4 is 0 Å². The molecule has 2 aromatic rings. The van der Waals surface area contributed by atoms with Crippen LogP contribution in [0.15, 0.2) is 34.6 Å². The van der Waals surface area contributed by atoms with E-state index in [-0.39, 0.29) is 5.41 Å². The van der Waals surface area contributed by atoms with E-state index in [2.05, 4.69) is 60.4 Å². The molecule has 0 amide bonds. The van der Waals surface area contributed by atoms with Crippen LogP contribution >= 0.6 is 11.3 Å². The zero-order valence-corrected chi connectivity index (χ0v) is 13.5. The fraction of sp³-hybridized carbons (Fsp3) is 0.375. The van der Waals surface area contributed by atoms with Crippen LogP contribution in [0.3, 0.4) is 0 Å². The van der Waals surface area contributed by atoms with Crippen LogP contribution in [0, 0.1) is 0 Å². The van der Waals surface area contributed by atoms with Gasteiger partial charge in [0.2, 0.25) is 5.13 Å². The molecule has 0 N–H and O–H groups in total. The molecule has 106 valence electrons. The molecule has 0 radical (unpaired) electrons. The fourth-order valence-corrected chi connectivity index (χ4v) is 2.43. The van der Waals surface area contributed by atoms with Crippen molar-refractivity contribution in [3.05, 3.63) is 35.2 Å². The molecule has 3 nitrogen and oxygen atoms in total. The Morgan fingerprint density at radius 2 is 1.80 bits per heavy atom. The molecule has 0 fully saturated rings. The summed E-state index contributed by atoms with van der Waals surface area (Å²) in [6.45, 7) is 6.66. The maximum Gasteiger partial charge on any atom is 0.211 e. The van der Waals surface area contributed by atoms with Crippen LogP contribution in [-0.4, -0.2) is 30.3 Å². The first kappa shape index (κ1) is 14.7. The average molecular weight is 287 g/mol.